The van der Waals surface area contributed by atoms with Crippen LogP contribution in [-0.2, 0) is 14.3 Å². The van der Waals surface area contributed by atoms with Crippen molar-refractivity contribution >= 4 is 18.0 Å². The van der Waals surface area contributed by atoms with Gasteiger partial charge in [-0.2, -0.15) is 5.26 Å². The van der Waals surface area contributed by atoms with Crippen LogP contribution in [0.4, 0.5) is 0 Å². The van der Waals surface area contributed by atoms with Gasteiger partial charge in [-0.3, -0.25) is 4.79 Å². The van der Waals surface area contributed by atoms with E-state index < -0.39 is 24.0 Å². The molecule has 0 radical (unpaired) electrons. The number of fused-ring (bicyclic) bond motifs is 1. The summed E-state index contributed by atoms with van der Waals surface area (Å²) in [6, 6.07) is 7.50. The highest BCUT2D eigenvalue weighted by Crippen LogP contribution is 2.39. The van der Waals surface area contributed by atoms with Gasteiger partial charge in [0.05, 0.1) is 19.3 Å². The highest BCUT2D eigenvalue weighted by molar-refractivity contribution is 5.89. The maximum absolute atomic E-state index is 11.9. The number of nitriles is 1. The summed E-state index contributed by atoms with van der Waals surface area (Å²) < 4.78 is 16.1. The molecule has 1 aliphatic heterocycles. The van der Waals surface area contributed by atoms with Gasteiger partial charge in [-0.1, -0.05) is 6.07 Å². The molecule has 0 unspecified atom stereocenters. The average Bonchev–Trinajstić information content (AvgIpc) is 3.51. The molecule has 1 atom stereocenters. The molecule has 1 aromatic rings. The van der Waals surface area contributed by atoms with Gasteiger partial charge in [0, 0.05) is 12.5 Å². The van der Waals surface area contributed by atoms with Crippen molar-refractivity contribution in [1.82, 2.24) is 5.32 Å². The molecule has 3 rings (SSSR count). The second kappa shape index (κ2) is 8.12. The lowest BCUT2D eigenvalue weighted by Crippen LogP contribution is -2.48. The van der Waals surface area contributed by atoms with E-state index in [0.29, 0.717) is 24.7 Å². The third-order valence-corrected chi connectivity index (χ3v) is 4.55. The molecule has 1 fully saturated rings. The Morgan fingerprint density at radius 3 is 2.78 bits per heavy atom. The zero-order valence-electron chi connectivity index (χ0n) is 15.2. The monoisotopic (exact) mass is 370 g/mol. The van der Waals surface area contributed by atoms with Crippen LogP contribution in [0.3, 0.4) is 0 Å². The van der Waals surface area contributed by atoms with Crippen LogP contribution < -0.4 is 14.8 Å². The lowest BCUT2D eigenvalue weighted by molar-refractivity contribution is -0.144. The maximum Gasteiger partial charge on any atom is 0.331 e. The quantitative estimate of drug-likeness (QED) is 0.609. The smallest absolute Gasteiger partial charge is 0.331 e. The zero-order chi connectivity index (χ0) is 19.3. The summed E-state index contributed by atoms with van der Waals surface area (Å²) in [4.78, 5) is 23.8. The van der Waals surface area contributed by atoms with Gasteiger partial charge in [0.2, 0.25) is 0 Å². The summed E-state index contributed by atoms with van der Waals surface area (Å²) in [5.74, 6) is 0.366. The second-order valence-electron chi connectivity index (χ2n) is 6.83. The summed E-state index contributed by atoms with van der Waals surface area (Å²) in [5.41, 5.74) is -0.144. The van der Waals surface area contributed by atoms with Crippen LogP contribution in [0.1, 0.15) is 31.7 Å². The van der Waals surface area contributed by atoms with E-state index in [1.807, 2.05) is 0 Å². The molecule has 1 aliphatic carbocycles. The molecule has 0 saturated heterocycles. The van der Waals surface area contributed by atoms with E-state index in [4.69, 9.17) is 14.2 Å². The Labute approximate surface area is 157 Å². The van der Waals surface area contributed by atoms with Crippen LogP contribution in [0.5, 0.6) is 11.5 Å². The molecule has 1 heterocycles. The fourth-order valence-corrected chi connectivity index (χ4v) is 2.84. The Kier molecular flexibility index (Phi) is 5.65. The summed E-state index contributed by atoms with van der Waals surface area (Å²) in [6.45, 7) is 2.46. The van der Waals surface area contributed by atoms with E-state index in [9.17, 15) is 14.9 Å². The van der Waals surface area contributed by atoms with E-state index in [0.717, 1.165) is 24.8 Å². The van der Waals surface area contributed by atoms with E-state index in [1.165, 1.54) is 6.08 Å². The molecule has 1 aromatic carbocycles. The van der Waals surface area contributed by atoms with Gasteiger partial charge in [0.1, 0.15) is 5.54 Å². The SMILES string of the molecule is C[C@@](C#N)(NC(=O)COC(=O)/C=C/c1ccc2c(c1)OCCCO2)C1CC1. The molecule has 27 heavy (non-hydrogen) atoms. The summed E-state index contributed by atoms with van der Waals surface area (Å²) >= 11 is 0. The minimum absolute atomic E-state index is 0.168. The van der Waals surface area contributed by atoms with Crippen LogP contribution in [-0.4, -0.2) is 37.2 Å². The third-order valence-electron chi connectivity index (χ3n) is 4.55. The van der Waals surface area contributed by atoms with E-state index in [-0.39, 0.29) is 5.92 Å². The van der Waals surface area contributed by atoms with Gasteiger partial charge in [-0.25, -0.2) is 4.79 Å². The third kappa shape index (κ3) is 5.00. The van der Waals surface area contributed by atoms with Crippen LogP contribution in [0, 0.1) is 17.2 Å². The van der Waals surface area contributed by atoms with Gasteiger partial charge < -0.3 is 19.5 Å². The summed E-state index contributed by atoms with van der Waals surface area (Å²) in [7, 11) is 0. The normalized spacial score (nSPS) is 18.1. The summed E-state index contributed by atoms with van der Waals surface area (Å²) in [5, 5.41) is 11.9. The molecule has 1 saturated carbocycles. The fourth-order valence-electron chi connectivity index (χ4n) is 2.84. The minimum Gasteiger partial charge on any atom is -0.490 e. The van der Waals surface area contributed by atoms with Crippen LogP contribution in [0.15, 0.2) is 24.3 Å². The van der Waals surface area contributed by atoms with Crippen molar-refractivity contribution in [3.8, 4) is 17.6 Å². The molecular weight excluding hydrogens is 348 g/mol. The first-order valence-corrected chi connectivity index (χ1v) is 8.97. The maximum atomic E-state index is 11.9. The van der Waals surface area contributed by atoms with E-state index >= 15 is 0 Å². The van der Waals surface area contributed by atoms with Gasteiger partial charge >= 0.3 is 5.97 Å². The molecule has 7 nitrogen and oxygen atoms in total. The Hall–Kier alpha value is -3.01. The van der Waals surface area contributed by atoms with Crippen molar-refractivity contribution in [2.75, 3.05) is 19.8 Å². The minimum atomic E-state index is -0.900. The van der Waals surface area contributed by atoms with Crippen molar-refractivity contribution in [2.24, 2.45) is 5.92 Å². The molecular formula is C20H22N2O5. The first kappa shape index (κ1) is 18.8. The van der Waals surface area contributed by atoms with Crippen molar-refractivity contribution in [3.05, 3.63) is 29.8 Å². The van der Waals surface area contributed by atoms with Crippen LogP contribution in [0.25, 0.3) is 6.08 Å². The lowest BCUT2D eigenvalue weighted by atomic mass is 9.98. The number of benzene rings is 1. The molecule has 7 heteroatoms. The van der Waals surface area contributed by atoms with Gasteiger partial charge in [-0.05, 0) is 49.5 Å². The number of amides is 1. The highest BCUT2D eigenvalue weighted by atomic mass is 16.5. The molecule has 142 valence electrons. The Balaban J connectivity index is 1.49. The summed E-state index contributed by atoms with van der Waals surface area (Å²) in [6.07, 6.45) is 5.49. The number of nitrogens with one attached hydrogen (secondary N) is 1. The lowest BCUT2D eigenvalue weighted by Gasteiger charge is -2.22. The second-order valence-corrected chi connectivity index (χ2v) is 6.83. The largest absolute Gasteiger partial charge is 0.490 e. The number of carbonyl (C=O) groups excluding carboxylic acids is 2. The predicted molar refractivity (Wildman–Crippen MR) is 96.9 cm³/mol. The number of rotatable bonds is 6. The molecule has 0 spiro atoms. The zero-order valence-corrected chi connectivity index (χ0v) is 15.2. The number of nitrogens with zero attached hydrogens (tertiary/aromatic N) is 1. The topological polar surface area (TPSA) is 97.7 Å². The number of hydrogen-bond acceptors (Lipinski definition) is 6. The molecule has 0 aromatic heterocycles. The molecule has 0 bridgehead atoms. The standard InChI is InChI=1S/C20H22N2O5/c1-20(13-21,15-5-6-15)22-18(23)12-27-19(24)8-4-14-3-7-16-17(11-14)26-10-2-9-25-16/h3-4,7-8,11,15H,2,5-6,9-10,12H2,1H3,(H,22,23)/b8-4+/t20-/m0/s1. The van der Waals surface area contributed by atoms with Crippen molar-refractivity contribution in [2.45, 2.75) is 31.7 Å². The predicted octanol–water partition coefficient (Wildman–Crippen LogP) is 2.21. The van der Waals surface area contributed by atoms with Crippen molar-refractivity contribution < 1.29 is 23.8 Å². The van der Waals surface area contributed by atoms with Gasteiger partial charge in [-0.15, -0.1) is 0 Å². The van der Waals surface area contributed by atoms with E-state index in [2.05, 4.69) is 11.4 Å². The van der Waals surface area contributed by atoms with Gasteiger partial charge in [0.25, 0.3) is 5.91 Å². The Morgan fingerprint density at radius 1 is 1.33 bits per heavy atom. The first-order chi connectivity index (χ1) is 13.0. The Bertz CT molecular complexity index is 794. The Morgan fingerprint density at radius 2 is 2.07 bits per heavy atom. The van der Waals surface area contributed by atoms with Crippen LogP contribution >= 0.6 is 0 Å². The van der Waals surface area contributed by atoms with Crippen LogP contribution in [0.2, 0.25) is 0 Å². The average molecular weight is 370 g/mol. The number of carbonyl (C=O) groups is 2. The number of esters is 1. The molecule has 1 amide bonds. The van der Waals surface area contributed by atoms with Crippen molar-refractivity contribution in [1.29, 1.82) is 5.26 Å². The number of ether oxygens (including phenoxy) is 3. The fraction of sp³-hybridized carbons (Fsp3) is 0.450. The van der Waals surface area contributed by atoms with E-state index in [1.54, 1.807) is 31.2 Å². The van der Waals surface area contributed by atoms with Gasteiger partial charge in [0.15, 0.2) is 18.1 Å². The molecule has 1 N–H and O–H groups in total. The number of hydrogen-bond donors (Lipinski definition) is 1. The van der Waals surface area contributed by atoms with Crippen molar-refractivity contribution in [3.63, 3.8) is 0 Å². The first-order valence-electron chi connectivity index (χ1n) is 8.97. The molecule has 2 aliphatic rings. The highest BCUT2D eigenvalue weighted by Gasteiger charge is 2.43.